The summed E-state index contributed by atoms with van der Waals surface area (Å²) in [6, 6.07) is 0. The average molecular weight is 246 g/mol. The second-order valence-corrected chi connectivity index (χ2v) is 5.02. The summed E-state index contributed by atoms with van der Waals surface area (Å²) in [7, 11) is 0. The van der Waals surface area contributed by atoms with Crippen LogP contribution in [-0.4, -0.2) is 5.78 Å². The summed E-state index contributed by atoms with van der Waals surface area (Å²) in [4.78, 5) is 11.8. The van der Waals surface area contributed by atoms with E-state index in [1.54, 1.807) is 0 Å². The number of hydrogen-bond donors (Lipinski definition) is 0. The molecular formula is C17H26O. The molecule has 0 aromatic carbocycles. The number of carbonyl (C=O) groups is 1. The van der Waals surface area contributed by atoms with Crippen molar-refractivity contribution in [3.8, 4) is 0 Å². The zero-order valence-corrected chi connectivity index (χ0v) is 11.6. The molecule has 1 rings (SSSR count). The summed E-state index contributed by atoms with van der Waals surface area (Å²) < 4.78 is 0. The highest BCUT2D eigenvalue weighted by atomic mass is 16.1. The fourth-order valence-corrected chi connectivity index (χ4v) is 2.23. The van der Waals surface area contributed by atoms with Crippen LogP contribution in [0.5, 0.6) is 0 Å². The fraction of sp³-hybridized carbons (Fsp3) is 0.588. The first kappa shape index (κ1) is 14.9. The highest BCUT2D eigenvalue weighted by molar-refractivity contribution is 5.78. The maximum atomic E-state index is 11.8. The molecular weight excluding hydrogens is 220 g/mol. The van der Waals surface area contributed by atoms with Crippen molar-refractivity contribution in [1.82, 2.24) is 0 Å². The first-order valence-corrected chi connectivity index (χ1v) is 7.29. The van der Waals surface area contributed by atoms with Gasteiger partial charge in [-0.15, -0.1) is 0 Å². The molecule has 0 aromatic heterocycles. The van der Waals surface area contributed by atoms with Gasteiger partial charge in [-0.2, -0.15) is 0 Å². The molecule has 1 aliphatic carbocycles. The van der Waals surface area contributed by atoms with Crippen molar-refractivity contribution >= 4 is 5.78 Å². The van der Waals surface area contributed by atoms with E-state index in [-0.39, 0.29) is 0 Å². The third-order valence-corrected chi connectivity index (χ3v) is 3.47. The van der Waals surface area contributed by atoms with Crippen molar-refractivity contribution in [1.29, 1.82) is 0 Å². The number of carbonyl (C=O) groups excluding carboxylic acids is 1. The molecule has 1 unspecified atom stereocenters. The molecule has 1 aliphatic rings. The van der Waals surface area contributed by atoms with Gasteiger partial charge in [-0.25, -0.2) is 0 Å². The number of allylic oxidation sites excluding steroid dienone is 6. The maximum absolute atomic E-state index is 11.8. The standard InChI is InChI=1S/C17H26O/c1-2-16-13-11-9-7-5-3-4-6-8-10-12-14-17(18)15-16/h3-4,7-10,16H,2,5-6,11-15H2,1H3/b4-3+,9-7+,10-8+. The Morgan fingerprint density at radius 2 is 1.61 bits per heavy atom. The topological polar surface area (TPSA) is 17.1 Å². The van der Waals surface area contributed by atoms with E-state index in [9.17, 15) is 4.79 Å². The van der Waals surface area contributed by atoms with Gasteiger partial charge in [0.15, 0.2) is 0 Å². The van der Waals surface area contributed by atoms with Gasteiger partial charge >= 0.3 is 0 Å². The molecule has 0 heterocycles. The van der Waals surface area contributed by atoms with E-state index in [1.165, 1.54) is 0 Å². The highest BCUT2D eigenvalue weighted by Gasteiger charge is 2.10. The smallest absolute Gasteiger partial charge is 0.133 e. The molecule has 0 bridgehead atoms. The van der Waals surface area contributed by atoms with E-state index in [1.807, 2.05) is 0 Å². The first-order chi connectivity index (χ1) is 8.83. The van der Waals surface area contributed by atoms with Crippen LogP contribution in [0.4, 0.5) is 0 Å². The molecule has 0 N–H and O–H groups in total. The van der Waals surface area contributed by atoms with Gasteiger partial charge in [-0.1, -0.05) is 49.8 Å². The monoisotopic (exact) mass is 246 g/mol. The van der Waals surface area contributed by atoms with E-state index in [0.29, 0.717) is 18.1 Å². The largest absolute Gasteiger partial charge is 0.300 e. The Morgan fingerprint density at radius 3 is 2.28 bits per heavy atom. The Morgan fingerprint density at radius 1 is 1.00 bits per heavy atom. The molecule has 0 amide bonds. The molecule has 0 saturated heterocycles. The molecule has 0 fully saturated rings. The van der Waals surface area contributed by atoms with Gasteiger partial charge in [-0.3, -0.25) is 4.79 Å². The lowest BCUT2D eigenvalue weighted by molar-refractivity contribution is -0.120. The van der Waals surface area contributed by atoms with Gasteiger partial charge in [0.05, 0.1) is 0 Å². The molecule has 0 aliphatic heterocycles. The average Bonchev–Trinajstić information content (AvgIpc) is 2.38. The van der Waals surface area contributed by atoms with Gasteiger partial charge in [0.1, 0.15) is 5.78 Å². The Bertz CT molecular complexity index is 310. The molecule has 1 heteroatoms. The summed E-state index contributed by atoms with van der Waals surface area (Å²) in [5.41, 5.74) is 0. The first-order valence-electron chi connectivity index (χ1n) is 7.29. The Kier molecular flexibility index (Phi) is 8.20. The Labute approximate surface area is 112 Å². The SMILES string of the molecule is CCC1CC/C=C/C/C=C/C/C=C/CCC(=O)C1. The van der Waals surface area contributed by atoms with E-state index >= 15 is 0 Å². The summed E-state index contributed by atoms with van der Waals surface area (Å²) in [5.74, 6) is 1.01. The van der Waals surface area contributed by atoms with Crippen LogP contribution >= 0.6 is 0 Å². The maximum Gasteiger partial charge on any atom is 0.133 e. The number of rotatable bonds is 1. The summed E-state index contributed by atoms with van der Waals surface area (Å²) in [5, 5.41) is 0. The van der Waals surface area contributed by atoms with Crippen molar-refractivity contribution in [2.75, 3.05) is 0 Å². The quantitative estimate of drug-likeness (QED) is 0.595. The second-order valence-electron chi connectivity index (χ2n) is 5.02. The van der Waals surface area contributed by atoms with Gasteiger partial charge in [0, 0.05) is 12.8 Å². The molecule has 100 valence electrons. The minimum Gasteiger partial charge on any atom is -0.300 e. The van der Waals surface area contributed by atoms with Crippen molar-refractivity contribution in [2.45, 2.75) is 58.3 Å². The van der Waals surface area contributed by atoms with Crippen LogP contribution in [0, 0.1) is 5.92 Å². The van der Waals surface area contributed by atoms with Crippen LogP contribution < -0.4 is 0 Å². The minimum absolute atomic E-state index is 0.431. The summed E-state index contributed by atoms with van der Waals surface area (Å²) >= 11 is 0. The summed E-state index contributed by atoms with van der Waals surface area (Å²) in [6.07, 6.45) is 21.0. The third-order valence-electron chi connectivity index (χ3n) is 3.47. The zero-order chi connectivity index (χ0) is 13.1. The predicted octanol–water partition coefficient (Wildman–Crippen LogP) is 4.99. The van der Waals surface area contributed by atoms with Crippen LogP contribution in [0.2, 0.25) is 0 Å². The normalized spacial score (nSPS) is 28.9. The third kappa shape index (κ3) is 7.26. The molecule has 0 aromatic rings. The number of hydrogen-bond acceptors (Lipinski definition) is 1. The van der Waals surface area contributed by atoms with Crippen LogP contribution in [-0.2, 0) is 4.79 Å². The number of ketones is 1. The highest BCUT2D eigenvalue weighted by Crippen LogP contribution is 2.18. The lowest BCUT2D eigenvalue weighted by atomic mass is 9.93. The van der Waals surface area contributed by atoms with Crippen molar-refractivity contribution in [3.63, 3.8) is 0 Å². The number of Topliss-reactive ketones (excluding diaryl/α,β-unsaturated/α-hetero) is 1. The van der Waals surface area contributed by atoms with Gasteiger partial charge in [0.25, 0.3) is 0 Å². The lowest BCUT2D eigenvalue weighted by Crippen LogP contribution is -2.07. The van der Waals surface area contributed by atoms with Crippen molar-refractivity contribution < 1.29 is 4.79 Å². The van der Waals surface area contributed by atoms with Crippen molar-refractivity contribution in [3.05, 3.63) is 36.5 Å². The second kappa shape index (κ2) is 9.87. The Balaban J connectivity index is 2.50. The van der Waals surface area contributed by atoms with Crippen LogP contribution in [0.1, 0.15) is 58.3 Å². The molecule has 1 nitrogen and oxygen atoms in total. The zero-order valence-electron chi connectivity index (χ0n) is 11.6. The molecule has 0 spiro atoms. The molecule has 18 heavy (non-hydrogen) atoms. The minimum atomic E-state index is 0.431. The van der Waals surface area contributed by atoms with Crippen LogP contribution in [0.15, 0.2) is 36.5 Å². The fourth-order valence-electron chi connectivity index (χ4n) is 2.23. The molecule has 0 saturated carbocycles. The lowest BCUT2D eigenvalue weighted by Gasteiger charge is -2.12. The van der Waals surface area contributed by atoms with Gasteiger partial charge in [0.2, 0.25) is 0 Å². The summed E-state index contributed by atoms with van der Waals surface area (Å²) in [6.45, 7) is 2.19. The van der Waals surface area contributed by atoms with E-state index < -0.39 is 0 Å². The molecule has 0 radical (unpaired) electrons. The van der Waals surface area contributed by atoms with Gasteiger partial charge < -0.3 is 0 Å². The van der Waals surface area contributed by atoms with Crippen LogP contribution in [0.3, 0.4) is 0 Å². The van der Waals surface area contributed by atoms with E-state index in [0.717, 1.165) is 44.9 Å². The van der Waals surface area contributed by atoms with Gasteiger partial charge in [-0.05, 0) is 38.0 Å². The van der Waals surface area contributed by atoms with Crippen molar-refractivity contribution in [2.24, 2.45) is 5.92 Å². The van der Waals surface area contributed by atoms with E-state index in [2.05, 4.69) is 43.4 Å². The molecule has 1 atom stereocenters. The Hall–Kier alpha value is -1.11. The van der Waals surface area contributed by atoms with Crippen LogP contribution in [0.25, 0.3) is 0 Å². The predicted molar refractivity (Wildman–Crippen MR) is 78.5 cm³/mol. The van der Waals surface area contributed by atoms with E-state index in [4.69, 9.17) is 0 Å².